The topological polar surface area (TPSA) is 220 Å². The first-order valence-electron chi connectivity index (χ1n) is 11.8. The number of imidazole rings is 1. The van der Waals surface area contributed by atoms with E-state index >= 15 is 0 Å². The Labute approximate surface area is 213 Å². The van der Waals surface area contributed by atoms with E-state index in [0.29, 0.717) is 11.3 Å². The largest absolute Gasteiger partial charge is 0.508 e. The van der Waals surface area contributed by atoms with Crippen molar-refractivity contribution in [2.24, 2.45) is 11.7 Å². The van der Waals surface area contributed by atoms with Crippen LogP contribution in [-0.2, 0) is 32.0 Å². The van der Waals surface area contributed by atoms with E-state index in [-0.39, 0.29) is 30.9 Å². The van der Waals surface area contributed by atoms with E-state index in [4.69, 9.17) is 5.73 Å². The number of hydrogen-bond acceptors (Lipinski definition) is 8. The molecule has 0 saturated heterocycles. The van der Waals surface area contributed by atoms with Crippen LogP contribution in [0.4, 0.5) is 0 Å². The number of nitrogens with zero attached hydrogens (tertiary/aromatic N) is 1. The Hall–Kier alpha value is -3.97. The number of aliphatic hydroxyl groups is 1. The summed E-state index contributed by atoms with van der Waals surface area (Å²) >= 11 is 0. The highest BCUT2D eigenvalue weighted by Crippen LogP contribution is 2.12. The lowest BCUT2D eigenvalue weighted by Gasteiger charge is -2.25. The summed E-state index contributed by atoms with van der Waals surface area (Å²) in [5.74, 6) is -3.54. The van der Waals surface area contributed by atoms with Crippen LogP contribution in [0.1, 0.15) is 31.5 Å². The number of nitrogens with two attached hydrogens (primary N) is 1. The Morgan fingerprint density at radius 3 is 2.08 bits per heavy atom. The minimum atomic E-state index is -1.46. The van der Waals surface area contributed by atoms with Gasteiger partial charge in [0.05, 0.1) is 19.0 Å². The van der Waals surface area contributed by atoms with Crippen LogP contribution in [0.3, 0.4) is 0 Å². The zero-order valence-electron chi connectivity index (χ0n) is 20.7. The molecule has 0 saturated carbocycles. The number of amides is 3. The molecule has 4 unspecified atom stereocenters. The number of rotatable bonds is 14. The van der Waals surface area contributed by atoms with Gasteiger partial charge in [-0.3, -0.25) is 14.4 Å². The number of aliphatic carboxylic acids is 1. The number of carbonyl (C=O) groups excluding carboxylic acids is 3. The van der Waals surface area contributed by atoms with Crippen molar-refractivity contribution in [1.82, 2.24) is 25.9 Å². The molecule has 2 aromatic rings. The number of H-pyrrole nitrogens is 1. The van der Waals surface area contributed by atoms with E-state index in [0.717, 1.165) is 0 Å². The molecule has 0 aliphatic heterocycles. The van der Waals surface area contributed by atoms with Gasteiger partial charge in [0.15, 0.2) is 0 Å². The van der Waals surface area contributed by atoms with Crippen molar-refractivity contribution >= 4 is 23.7 Å². The predicted octanol–water partition coefficient (Wildman–Crippen LogP) is -1.19. The van der Waals surface area contributed by atoms with Crippen LogP contribution in [0.15, 0.2) is 36.8 Å². The second-order valence-electron chi connectivity index (χ2n) is 9.09. The molecule has 0 fully saturated rings. The molecule has 37 heavy (non-hydrogen) atoms. The molecular weight excluding hydrogens is 484 g/mol. The van der Waals surface area contributed by atoms with Gasteiger partial charge in [-0.1, -0.05) is 26.0 Å². The maximum Gasteiger partial charge on any atom is 0.326 e. The molecule has 202 valence electrons. The molecule has 2 rings (SSSR count). The Morgan fingerprint density at radius 2 is 1.54 bits per heavy atom. The van der Waals surface area contributed by atoms with Gasteiger partial charge in [-0.05, 0) is 30.0 Å². The highest BCUT2D eigenvalue weighted by molar-refractivity contribution is 5.94. The van der Waals surface area contributed by atoms with Gasteiger partial charge in [-0.15, -0.1) is 0 Å². The van der Waals surface area contributed by atoms with Crippen LogP contribution in [0, 0.1) is 5.92 Å². The minimum Gasteiger partial charge on any atom is -0.508 e. The van der Waals surface area contributed by atoms with Gasteiger partial charge in [0.2, 0.25) is 17.7 Å². The summed E-state index contributed by atoms with van der Waals surface area (Å²) in [6, 6.07) is 0.977. The molecular formula is C24H34N6O7. The number of carboxylic acid groups (broad SMARTS) is 1. The van der Waals surface area contributed by atoms with Crippen molar-refractivity contribution in [2.45, 2.75) is 57.3 Å². The molecule has 13 heteroatoms. The molecule has 1 heterocycles. The third-order valence-corrected chi connectivity index (χ3v) is 5.48. The summed E-state index contributed by atoms with van der Waals surface area (Å²) in [6.45, 7) is 2.88. The van der Waals surface area contributed by atoms with Crippen LogP contribution in [0.2, 0.25) is 0 Å². The summed E-state index contributed by atoms with van der Waals surface area (Å²) in [5.41, 5.74) is 7.14. The Kier molecular flexibility index (Phi) is 11.0. The summed E-state index contributed by atoms with van der Waals surface area (Å²) in [6.07, 6.45) is 3.29. The Morgan fingerprint density at radius 1 is 0.946 bits per heavy atom. The highest BCUT2D eigenvalue weighted by atomic mass is 16.4. The van der Waals surface area contributed by atoms with Crippen LogP contribution in [-0.4, -0.2) is 79.8 Å². The van der Waals surface area contributed by atoms with Crippen LogP contribution in [0.25, 0.3) is 0 Å². The number of aromatic nitrogens is 2. The van der Waals surface area contributed by atoms with Crippen LogP contribution >= 0.6 is 0 Å². The molecule has 0 bridgehead atoms. The van der Waals surface area contributed by atoms with Crippen molar-refractivity contribution in [3.05, 3.63) is 48.0 Å². The lowest BCUT2D eigenvalue weighted by Crippen LogP contribution is -2.58. The molecule has 9 N–H and O–H groups in total. The minimum absolute atomic E-state index is 0.00743. The second-order valence-corrected chi connectivity index (χ2v) is 9.09. The maximum absolute atomic E-state index is 13.0. The number of carboxylic acids is 1. The van der Waals surface area contributed by atoms with Crippen molar-refractivity contribution in [1.29, 1.82) is 0 Å². The molecule has 1 aromatic carbocycles. The first-order valence-corrected chi connectivity index (χ1v) is 11.8. The van der Waals surface area contributed by atoms with Crippen molar-refractivity contribution in [2.75, 3.05) is 6.61 Å². The zero-order valence-corrected chi connectivity index (χ0v) is 20.7. The van der Waals surface area contributed by atoms with Crippen molar-refractivity contribution in [3.8, 4) is 5.75 Å². The molecule has 0 aliphatic rings. The number of aromatic amines is 1. The Balaban J connectivity index is 2.03. The van der Waals surface area contributed by atoms with Gasteiger partial charge in [-0.2, -0.15) is 0 Å². The average Bonchev–Trinajstić information content (AvgIpc) is 3.35. The molecule has 3 amide bonds. The Bertz CT molecular complexity index is 1040. The lowest BCUT2D eigenvalue weighted by molar-refractivity contribution is -0.142. The molecule has 1 aromatic heterocycles. The lowest BCUT2D eigenvalue weighted by atomic mass is 10.0. The maximum atomic E-state index is 13.0. The number of aromatic hydroxyl groups is 1. The van der Waals surface area contributed by atoms with Gasteiger partial charge in [0, 0.05) is 24.7 Å². The second kappa shape index (κ2) is 13.9. The number of carbonyl (C=O) groups is 4. The molecule has 13 nitrogen and oxygen atoms in total. The van der Waals surface area contributed by atoms with Gasteiger partial charge in [0.25, 0.3) is 0 Å². The van der Waals surface area contributed by atoms with Gasteiger partial charge in [0.1, 0.15) is 23.9 Å². The number of phenolic OH excluding ortho intramolecular Hbond substituents is 1. The smallest absolute Gasteiger partial charge is 0.326 e. The quantitative estimate of drug-likeness (QED) is 0.150. The SMILES string of the molecule is CC(C)CC(NC(=O)C(N)Cc1cnc[nH]1)C(=O)NC(CO)C(=O)NC(Cc1ccc(O)cc1)C(=O)O. The third kappa shape index (κ3) is 9.54. The van der Waals surface area contributed by atoms with E-state index in [1.807, 2.05) is 13.8 Å². The van der Waals surface area contributed by atoms with Crippen molar-refractivity contribution < 1.29 is 34.5 Å². The number of nitrogens with one attached hydrogen (secondary N) is 4. The standard InChI is InChI=1S/C24H34N6O7/c1-13(2)7-18(28-21(33)17(25)9-15-10-26-12-27-15)22(34)30-20(11-31)23(35)29-19(24(36)37)8-14-3-5-16(32)6-4-14/h3-6,10,12-13,17-20,31-32H,7-9,11,25H2,1-2H3,(H,26,27)(H,28,33)(H,29,35)(H,30,34)(H,36,37). The van der Waals surface area contributed by atoms with Crippen molar-refractivity contribution in [3.63, 3.8) is 0 Å². The van der Waals surface area contributed by atoms with E-state index in [1.54, 1.807) is 0 Å². The molecule has 0 radical (unpaired) electrons. The molecule has 0 spiro atoms. The van der Waals surface area contributed by atoms with E-state index in [9.17, 15) is 34.5 Å². The summed E-state index contributed by atoms with van der Waals surface area (Å²) in [7, 11) is 0. The first-order chi connectivity index (χ1) is 17.5. The third-order valence-electron chi connectivity index (χ3n) is 5.48. The summed E-state index contributed by atoms with van der Waals surface area (Å²) < 4.78 is 0. The fourth-order valence-corrected chi connectivity index (χ4v) is 3.51. The zero-order chi connectivity index (χ0) is 27.5. The summed E-state index contributed by atoms with van der Waals surface area (Å²) in [5, 5.41) is 35.9. The molecule has 4 atom stereocenters. The van der Waals surface area contributed by atoms with E-state index in [1.165, 1.54) is 36.8 Å². The molecule has 0 aliphatic carbocycles. The first kappa shape index (κ1) is 29.3. The normalized spacial score (nSPS) is 14.3. The number of aliphatic hydroxyl groups excluding tert-OH is 1. The van der Waals surface area contributed by atoms with E-state index < -0.39 is 54.5 Å². The monoisotopic (exact) mass is 518 g/mol. The number of phenols is 1. The van der Waals surface area contributed by atoms with Gasteiger partial charge < -0.3 is 42.0 Å². The van der Waals surface area contributed by atoms with Gasteiger partial charge in [-0.25, -0.2) is 9.78 Å². The summed E-state index contributed by atoms with van der Waals surface area (Å²) in [4.78, 5) is 56.7. The average molecular weight is 519 g/mol. The highest BCUT2D eigenvalue weighted by Gasteiger charge is 2.30. The van der Waals surface area contributed by atoms with Gasteiger partial charge >= 0.3 is 5.97 Å². The predicted molar refractivity (Wildman–Crippen MR) is 132 cm³/mol. The number of benzene rings is 1. The fourth-order valence-electron chi connectivity index (χ4n) is 3.51. The van der Waals surface area contributed by atoms with E-state index in [2.05, 4.69) is 25.9 Å². The van der Waals surface area contributed by atoms with Crippen LogP contribution in [0.5, 0.6) is 5.75 Å². The fraction of sp³-hybridized carbons (Fsp3) is 0.458. The number of hydrogen-bond donors (Lipinski definition) is 8. The van der Waals surface area contributed by atoms with Crippen LogP contribution < -0.4 is 21.7 Å².